The van der Waals surface area contributed by atoms with Gasteiger partial charge in [-0.05, 0) is 52.9 Å². The van der Waals surface area contributed by atoms with Crippen molar-refractivity contribution in [2.45, 2.75) is 0 Å². The van der Waals surface area contributed by atoms with Crippen molar-refractivity contribution in [1.82, 2.24) is 9.97 Å². The largest absolute Gasteiger partial charge is 0.256 e. The van der Waals surface area contributed by atoms with Crippen molar-refractivity contribution < 1.29 is 0 Å². The summed E-state index contributed by atoms with van der Waals surface area (Å²) in [7, 11) is 0. The van der Waals surface area contributed by atoms with Crippen LogP contribution in [0.2, 0.25) is 0 Å². The molecule has 72 valence electrons. The summed E-state index contributed by atoms with van der Waals surface area (Å²) >= 11 is 2.33. The van der Waals surface area contributed by atoms with Crippen LogP contribution < -0.4 is 0 Å². The Bertz CT molecular complexity index is 649. The van der Waals surface area contributed by atoms with Gasteiger partial charge in [-0.3, -0.25) is 9.97 Å². The molecule has 0 spiro atoms. The molecule has 0 atom stereocenters. The lowest BCUT2D eigenvalue weighted by Gasteiger charge is -2.03. The molecule has 0 radical (unpaired) electrons. The molecule has 0 aliphatic carbocycles. The van der Waals surface area contributed by atoms with E-state index >= 15 is 0 Å². The zero-order valence-electron chi connectivity index (χ0n) is 7.81. The van der Waals surface area contributed by atoms with Gasteiger partial charge >= 0.3 is 0 Å². The average molecular weight is 306 g/mol. The number of rotatable bonds is 0. The van der Waals surface area contributed by atoms with E-state index in [1.807, 2.05) is 30.6 Å². The monoisotopic (exact) mass is 306 g/mol. The molecule has 0 N–H and O–H groups in total. The zero-order chi connectivity index (χ0) is 10.3. The van der Waals surface area contributed by atoms with Crippen molar-refractivity contribution in [2.75, 3.05) is 0 Å². The third-order valence-electron chi connectivity index (χ3n) is 2.44. The van der Waals surface area contributed by atoms with E-state index < -0.39 is 0 Å². The highest BCUT2D eigenvalue weighted by atomic mass is 127. The molecule has 0 amide bonds. The zero-order valence-corrected chi connectivity index (χ0v) is 9.97. The van der Waals surface area contributed by atoms with E-state index in [0.717, 1.165) is 16.4 Å². The lowest BCUT2D eigenvalue weighted by molar-refractivity contribution is 1.38. The van der Waals surface area contributed by atoms with Crippen LogP contribution >= 0.6 is 22.6 Å². The van der Waals surface area contributed by atoms with Gasteiger partial charge in [-0.15, -0.1) is 0 Å². The van der Waals surface area contributed by atoms with Crippen LogP contribution in [0.5, 0.6) is 0 Å². The number of hydrogen-bond acceptors (Lipinski definition) is 2. The Balaban J connectivity index is 2.60. The summed E-state index contributed by atoms with van der Waals surface area (Å²) in [6.07, 6.45) is 3.65. The molecule has 2 heterocycles. The summed E-state index contributed by atoms with van der Waals surface area (Å²) in [4.78, 5) is 8.74. The Morgan fingerprint density at radius 2 is 1.80 bits per heavy atom. The Morgan fingerprint density at radius 1 is 0.867 bits per heavy atom. The molecule has 2 aromatic heterocycles. The van der Waals surface area contributed by atoms with Crippen molar-refractivity contribution in [3.05, 3.63) is 46.3 Å². The Kier molecular flexibility index (Phi) is 2.05. The minimum atomic E-state index is 1.000. The molecule has 3 rings (SSSR count). The van der Waals surface area contributed by atoms with Gasteiger partial charge < -0.3 is 0 Å². The number of halogens is 1. The van der Waals surface area contributed by atoms with Crippen LogP contribution in [0.3, 0.4) is 0 Å². The van der Waals surface area contributed by atoms with E-state index in [9.17, 15) is 0 Å². The minimum absolute atomic E-state index is 1.000. The molecule has 0 fully saturated rings. The molecule has 0 aliphatic heterocycles. The van der Waals surface area contributed by atoms with Crippen LogP contribution in [0.1, 0.15) is 0 Å². The topological polar surface area (TPSA) is 25.8 Å². The first-order chi connectivity index (χ1) is 7.36. The number of nitrogens with zero attached hydrogens (tertiary/aromatic N) is 2. The van der Waals surface area contributed by atoms with E-state index in [-0.39, 0.29) is 0 Å². The Hall–Kier alpha value is -1.23. The molecule has 15 heavy (non-hydrogen) atoms. The molecule has 3 heteroatoms. The Labute approximate surface area is 100 Å². The molecule has 0 aliphatic rings. The quantitative estimate of drug-likeness (QED) is 0.470. The lowest BCUT2D eigenvalue weighted by atomic mass is 10.1. The van der Waals surface area contributed by atoms with Crippen molar-refractivity contribution in [3.63, 3.8) is 0 Å². The molecule has 0 unspecified atom stereocenters. The normalized spacial score (nSPS) is 11.0. The second-order valence-electron chi connectivity index (χ2n) is 3.32. The van der Waals surface area contributed by atoms with Gasteiger partial charge in [-0.2, -0.15) is 0 Å². The predicted molar refractivity (Wildman–Crippen MR) is 69.8 cm³/mol. The lowest BCUT2D eigenvalue weighted by Crippen LogP contribution is -1.85. The van der Waals surface area contributed by atoms with Crippen LogP contribution in [0.25, 0.3) is 21.8 Å². The van der Waals surface area contributed by atoms with Crippen molar-refractivity contribution >= 4 is 44.4 Å². The standard InChI is InChI=1S/C12H7IN2/c13-10-5-7-15-12-8(10)3-4-11-9(12)2-1-6-14-11/h1-7H. The summed E-state index contributed by atoms with van der Waals surface area (Å²) in [6, 6.07) is 10.2. The third kappa shape index (κ3) is 1.38. The van der Waals surface area contributed by atoms with Crippen LogP contribution in [0, 0.1) is 3.57 Å². The molecular formula is C12H7IN2. The fourth-order valence-electron chi connectivity index (χ4n) is 1.74. The van der Waals surface area contributed by atoms with E-state index in [2.05, 4.69) is 44.7 Å². The van der Waals surface area contributed by atoms with Gasteiger partial charge in [0, 0.05) is 26.7 Å². The smallest absolute Gasteiger partial charge is 0.0806 e. The van der Waals surface area contributed by atoms with Gasteiger partial charge in [0.2, 0.25) is 0 Å². The molecule has 0 saturated heterocycles. The van der Waals surface area contributed by atoms with Gasteiger partial charge in [-0.1, -0.05) is 0 Å². The van der Waals surface area contributed by atoms with Gasteiger partial charge in [-0.25, -0.2) is 0 Å². The van der Waals surface area contributed by atoms with Crippen LogP contribution in [-0.2, 0) is 0 Å². The highest BCUT2D eigenvalue weighted by Gasteiger charge is 2.03. The summed E-state index contributed by atoms with van der Waals surface area (Å²) in [5.74, 6) is 0. The van der Waals surface area contributed by atoms with Gasteiger partial charge in [0.1, 0.15) is 0 Å². The van der Waals surface area contributed by atoms with Gasteiger partial charge in [0.25, 0.3) is 0 Å². The first kappa shape index (κ1) is 9.03. The molecule has 3 aromatic rings. The highest BCUT2D eigenvalue weighted by Crippen LogP contribution is 2.25. The van der Waals surface area contributed by atoms with Gasteiger partial charge in [0.05, 0.1) is 11.0 Å². The number of fused-ring (bicyclic) bond motifs is 3. The second kappa shape index (κ2) is 3.41. The summed E-state index contributed by atoms with van der Waals surface area (Å²) in [5, 5.41) is 2.31. The molecule has 2 nitrogen and oxygen atoms in total. The van der Waals surface area contributed by atoms with Crippen LogP contribution in [0.15, 0.2) is 42.7 Å². The fraction of sp³-hybridized carbons (Fsp3) is 0. The molecular weight excluding hydrogens is 299 g/mol. The maximum absolute atomic E-state index is 4.43. The van der Waals surface area contributed by atoms with E-state index in [4.69, 9.17) is 0 Å². The van der Waals surface area contributed by atoms with Crippen LogP contribution in [0.4, 0.5) is 0 Å². The number of aromatic nitrogens is 2. The summed E-state index contributed by atoms with van der Waals surface area (Å²) < 4.78 is 1.23. The Morgan fingerprint density at radius 3 is 2.73 bits per heavy atom. The maximum Gasteiger partial charge on any atom is 0.0806 e. The molecule has 0 bridgehead atoms. The summed E-state index contributed by atoms with van der Waals surface area (Å²) in [5.41, 5.74) is 2.03. The fourth-order valence-corrected chi connectivity index (χ4v) is 2.33. The van der Waals surface area contributed by atoms with E-state index in [0.29, 0.717) is 0 Å². The number of pyridine rings is 2. The van der Waals surface area contributed by atoms with Crippen molar-refractivity contribution in [2.24, 2.45) is 0 Å². The average Bonchev–Trinajstić information content (AvgIpc) is 2.29. The summed E-state index contributed by atoms with van der Waals surface area (Å²) in [6.45, 7) is 0. The van der Waals surface area contributed by atoms with E-state index in [1.54, 1.807) is 0 Å². The predicted octanol–water partition coefficient (Wildman–Crippen LogP) is 3.39. The maximum atomic E-state index is 4.43. The molecule has 1 aromatic carbocycles. The molecule has 0 saturated carbocycles. The number of benzene rings is 1. The second-order valence-corrected chi connectivity index (χ2v) is 4.49. The minimum Gasteiger partial charge on any atom is -0.256 e. The van der Waals surface area contributed by atoms with Crippen molar-refractivity contribution in [1.29, 1.82) is 0 Å². The van der Waals surface area contributed by atoms with Gasteiger partial charge in [0.15, 0.2) is 0 Å². The SMILES string of the molecule is Ic1ccnc2c1ccc1ncccc12. The first-order valence-corrected chi connectivity index (χ1v) is 5.72. The van der Waals surface area contributed by atoms with E-state index in [1.165, 1.54) is 8.96 Å². The highest BCUT2D eigenvalue weighted by molar-refractivity contribution is 14.1. The third-order valence-corrected chi connectivity index (χ3v) is 3.38. The van der Waals surface area contributed by atoms with Crippen molar-refractivity contribution in [3.8, 4) is 0 Å². The number of hydrogen-bond donors (Lipinski definition) is 0. The van der Waals surface area contributed by atoms with Crippen LogP contribution in [-0.4, -0.2) is 9.97 Å². The first-order valence-electron chi connectivity index (χ1n) is 4.64.